The van der Waals surface area contributed by atoms with Crippen LogP contribution in [-0.2, 0) is 49.3 Å². The fourth-order valence-corrected chi connectivity index (χ4v) is 5.62. The summed E-state index contributed by atoms with van der Waals surface area (Å²) >= 11 is 0. The zero-order valence-electron chi connectivity index (χ0n) is 26.1. The van der Waals surface area contributed by atoms with Crippen LogP contribution in [0, 0.1) is 6.92 Å². The Labute approximate surface area is 261 Å². The van der Waals surface area contributed by atoms with Crippen LogP contribution < -0.4 is 0 Å². The first-order valence-electron chi connectivity index (χ1n) is 14.7. The molecule has 0 bridgehead atoms. The monoisotopic (exact) mass is 621 g/mol. The quantitative estimate of drug-likeness (QED) is 0.245. The van der Waals surface area contributed by atoms with Gasteiger partial charge in [-0.05, 0) is 48.1 Å². The zero-order valence-corrected chi connectivity index (χ0v) is 26.1. The van der Waals surface area contributed by atoms with E-state index in [0.717, 1.165) is 33.2 Å². The average Bonchev–Trinajstić information content (AvgIpc) is 3.33. The molecule has 0 saturated carbocycles. The number of hydrogen-bond donors (Lipinski definition) is 1. The van der Waals surface area contributed by atoms with Crippen molar-refractivity contribution >= 4 is 40.9 Å². The van der Waals surface area contributed by atoms with Crippen LogP contribution in [0.3, 0.4) is 0 Å². The van der Waals surface area contributed by atoms with E-state index in [-0.39, 0.29) is 13.2 Å². The van der Waals surface area contributed by atoms with Gasteiger partial charge >= 0.3 is 23.9 Å². The molecule has 1 aliphatic rings. The van der Waals surface area contributed by atoms with Crippen LogP contribution in [0.1, 0.15) is 62.6 Å². The first kappa shape index (κ1) is 33.4. The van der Waals surface area contributed by atoms with Gasteiger partial charge in [0, 0.05) is 45.9 Å². The Kier molecular flexibility index (Phi) is 11.1. The minimum absolute atomic E-state index is 0.0948. The van der Waals surface area contributed by atoms with Crippen molar-refractivity contribution < 1.29 is 48.0 Å². The highest BCUT2D eigenvalue weighted by Crippen LogP contribution is 2.38. The Bertz CT molecular complexity index is 1560. The lowest BCUT2D eigenvalue weighted by Crippen LogP contribution is -2.60. The predicted octanol–water partition coefficient (Wildman–Crippen LogP) is 4.19. The molecule has 1 fully saturated rings. The molecule has 4 rings (SSSR count). The molecule has 0 radical (unpaired) electrons. The number of esters is 4. The molecule has 1 saturated heterocycles. The molecule has 1 N–H and O–H groups in total. The number of hydrogen-bond acceptors (Lipinski definition) is 10. The molecule has 0 amide bonds. The molecule has 45 heavy (non-hydrogen) atoms. The molecule has 1 aromatic heterocycles. The van der Waals surface area contributed by atoms with E-state index >= 15 is 0 Å². The van der Waals surface area contributed by atoms with Gasteiger partial charge in [0.1, 0.15) is 12.7 Å². The van der Waals surface area contributed by atoms with Crippen molar-refractivity contribution in [1.82, 2.24) is 4.57 Å². The van der Waals surface area contributed by atoms with Gasteiger partial charge in [0.2, 0.25) is 0 Å². The van der Waals surface area contributed by atoms with Crippen molar-refractivity contribution in [2.45, 2.75) is 78.1 Å². The van der Waals surface area contributed by atoms with Crippen molar-refractivity contribution in [3.63, 3.8) is 0 Å². The minimum Gasteiger partial charge on any atom is -0.463 e. The number of ether oxygens (including phenoxy) is 5. The molecule has 0 aliphatic carbocycles. The number of carbonyl (C=O) groups excluding carboxylic acids is 4. The molecule has 11 nitrogen and oxygen atoms in total. The van der Waals surface area contributed by atoms with Gasteiger partial charge in [0.05, 0.1) is 5.52 Å². The Morgan fingerprint density at radius 1 is 0.867 bits per heavy atom. The Morgan fingerprint density at radius 3 is 2.13 bits per heavy atom. The Hall–Kier alpha value is -4.48. The third-order valence-electron chi connectivity index (χ3n) is 7.37. The van der Waals surface area contributed by atoms with Gasteiger partial charge in [0.25, 0.3) is 0 Å². The van der Waals surface area contributed by atoms with Crippen LogP contribution in [0.25, 0.3) is 17.0 Å². The summed E-state index contributed by atoms with van der Waals surface area (Å²) in [4.78, 5) is 48.6. The molecule has 0 unspecified atom stereocenters. The van der Waals surface area contributed by atoms with Gasteiger partial charge in [-0.2, -0.15) is 0 Å². The number of aliphatic hydroxyl groups excluding tert-OH is 1. The maximum atomic E-state index is 12.4. The summed E-state index contributed by atoms with van der Waals surface area (Å²) in [6.07, 6.45) is 1.09. The van der Waals surface area contributed by atoms with Gasteiger partial charge in [-0.3, -0.25) is 19.2 Å². The topological polar surface area (TPSA) is 140 Å². The number of aliphatic hydroxyl groups is 1. The lowest BCUT2D eigenvalue weighted by atomic mass is 9.97. The van der Waals surface area contributed by atoms with Crippen molar-refractivity contribution in [2.24, 2.45) is 0 Å². The van der Waals surface area contributed by atoms with Crippen LogP contribution in [0.4, 0.5) is 0 Å². The van der Waals surface area contributed by atoms with Crippen LogP contribution in [0.15, 0.2) is 54.7 Å². The summed E-state index contributed by atoms with van der Waals surface area (Å²) in [5.41, 5.74) is 4.82. The SMILES string of the molecule is CC(=O)OC[C@H]1O[C@@H](n2cc(Cc3ccc(C=CCCO)cc3)c3c(C)cccc32)[C@H](OC(C)=O)[C@@H](OC(C)=O)[C@@H]1OC(C)=O. The summed E-state index contributed by atoms with van der Waals surface area (Å²) in [6.45, 7) is 6.63. The Balaban J connectivity index is 1.81. The second kappa shape index (κ2) is 15.0. The third-order valence-corrected chi connectivity index (χ3v) is 7.37. The molecular weight excluding hydrogens is 582 g/mol. The summed E-state index contributed by atoms with van der Waals surface area (Å²) in [6, 6.07) is 13.9. The fraction of sp³-hybridized carbons (Fsp3) is 0.412. The maximum absolute atomic E-state index is 12.4. The van der Waals surface area contributed by atoms with E-state index in [1.807, 2.05) is 72.3 Å². The standard InChI is InChI=1S/C34H39NO10/c1-20-9-8-11-28-30(20)27(17-26-14-12-25(13-15-26)10-6-7-16-36)18-35(28)34-33(44-24(5)40)32(43-23(4)39)31(42-22(3)38)29(45-34)19-41-21(2)37/h6,8-15,18,29,31-34,36H,7,16-17,19H2,1-5H3/t29-,31-,32+,33-,34-/m1/s1. The second-order valence-electron chi connectivity index (χ2n) is 11.0. The van der Waals surface area contributed by atoms with E-state index in [9.17, 15) is 19.2 Å². The number of carbonyl (C=O) groups is 4. The predicted molar refractivity (Wildman–Crippen MR) is 164 cm³/mol. The number of rotatable bonds is 11. The van der Waals surface area contributed by atoms with Gasteiger partial charge in [-0.25, -0.2) is 0 Å². The first-order valence-corrected chi connectivity index (χ1v) is 14.7. The lowest BCUT2D eigenvalue weighted by Gasteiger charge is -2.44. The normalized spacial score (nSPS) is 21.4. The molecule has 3 aromatic rings. The van der Waals surface area contributed by atoms with Crippen LogP contribution in [0.5, 0.6) is 0 Å². The average molecular weight is 622 g/mol. The number of benzene rings is 2. The van der Waals surface area contributed by atoms with E-state index < -0.39 is 54.5 Å². The van der Waals surface area contributed by atoms with Crippen LogP contribution >= 0.6 is 0 Å². The number of aryl methyl sites for hydroxylation is 1. The molecular formula is C34H39NO10. The molecule has 2 heterocycles. The van der Waals surface area contributed by atoms with Crippen LogP contribution in [-0.4, -0.2) is 71.2 Å². The van der Waals surface area contributed by atoms with Crippen molar-refractivity contribution in [3.05, 3.63) is 77.0 Å². The lowest BCUT2D eigenvalue weighted by molar-refractivity contribution is -0.267. The molecule has 1 aliphatic heterocycles. The van der Waals surface area contributed by atoms with E-state index in [0.29, 0.717) is 12.8 Å². The highest BCUT2D eigenvalue weighted by molar-refractivity contribution is 5.87. The molecule has 240 valence electrons. The van der Waals surface area contributed by atoms with Gasteiger partial charge in [-0.15, -0.1) is 0 Å². The maximum Gasteiger partial charge on any atom is 0.303 e. The van der Waals surface area contributed by atoms with E-state index in [2.05, 4.69) is 0 Å². The van der Waals surface area contributed by atoms with Gasteiger partial charge in [0.15, 0.2) is 24.5 Å². The number of nitrogens with zero attached hydrogens (tertiary/aromatic N) is 1. The number of aromatic nitrogens is 1. The summed E-state index contributed by atoms with van der Waals surface area (Å²) in [5.74, 6) is -2.62. The molecule has 5 atom stereocenters. The fourth-order valence-electron chi connectivity index (χ4n) is 5.62. The molecule has 0 spiro atoms. The van der Waals surface area contributed by atoms with E-state index in [4.69, 9.17) is 28.8 Å². The highest BCUT2D eigenvalue weighted by Gasteiger charge is 2.53. The summed E-state index contributed by atoms with van der Waals surface area (Å²) in [7, 11) is 0. The third kappa shape index (κ3) is 8.37. The smallest absolute Gasteiger partial charge is 0.303 e. The highest BCUT2D eigenvalue weighted by atomic mass is 16.7. The van der Waals surface area contributed by atoms with E-state index in [1.54, 1.807) is 0 Å². The largest absolute Gasteiger partial charge is 0.463 e. The van der Waals surface area contributed by atoms with E-state index in [1.165, 1.54) is 27.7 Å². The number of fused-ring (bicyclic) bond motifs is 1. The van der Waals surface area contributed by atoms with Gasteiger partial charge < -0.3 is 33.4 Å². The van der Waals surface area contributed by atoms with Crippen LogP contribution in [0.2, 0.25) is 0 Å². The second-order valence-corrected chi connectivity index (χ2v) is 11.0. The van der Waals surface area contributed by atoms with Gasteiger partial charge in [-0.1, -0.05) is 48.6 Å². The summed E-state index contributed by atoms with van der Waals surface area (Å²) in [5, 5.41) is 10.0. The van der Waals surface area contributed by atoms with Crippen molar-refractivity contribution in [1.29, 1.82) is 0 Å². The summed E-state index contributed by atoms with van der Waals surface area (Å²) < 4.78 is 30.4. The van der Waals surface area contributed by atoms with Crippen molar-refractivity contribution in [2.75, 3.05) is 13.2 Å². The zero-order chi connectivity index (χ0) is 32.7. The molecule has 11 heteroatoms. The Morgan fingerprint density at radius 2 is 1.51 bits per heavy atom. The first-order chi connectivity index (χ1) is 21.5. The van der Waals surface area contributed by atoms with Crippen molar-refractivity contribution in [3.8, 4) is 0 Å². The minimum atomic E-state index is -1.27. The molecule has 2 aromatic carbocycles.